The monoisotopic (exact) mass is 317 g/mol. The Morgan fingerprint density at radius 2 is 2.00 bits per heavy atom. The van der Waals surface area contributed by atoms with E-state index in [0.717, 1.165) is 17.7 Å². The normalized spacial score (nSPS) is 20.5. The van der Waals surface area contributed by atoms with Crippen LogP contribution in [-0.2, 0) is 9.63 Å². The molecule has 1 aromatic carbocycles. The van der Waals surface area contributed by atoms with Crippen LogP contribution < -0.4 is 5.73 Å². The Hall–Kier alpha value is -1.88. The lowest BCUT2D eigenvalue weighted by molar-refractivity contribution is -0.134. The molecule has 1 aliphatic rings. The highest BCUT2D eigenvalue weighted by atomic mass is 16.6. The Bertz CT molecular complexity index is 563. The number of rotatable bonds is 4. The topological polar surface area (TPSA) is 67.9 Å². The van der Waals surface area contributed by atoms with E-state index in [-0.39, 0.29) is 17.4 Å². The zero-order valence-corrected chi connectivity index (χ0v) is 14.5. The fraction of sp³-hybridized carbons (Fsp3) is 0.556. The SMILES string of the molecule is C/C(=N\O[C@@H]1CCN(C(=O)C(N)C(C)(C)C)C1)c1ccccc1. The van der Waals surface area contributed by atoms with Crippen molar-refractivity contribution >= 4 is 11.6 Å². The van der Waals surface area contributed by atoms with Crippen LogP contribution in [0.25, 0.3) is 0 Å². The van der Waals surface area contributed by atoms with Gasteiger partial charge in [0.1, 0.15) is 6.10 Å². The van der Waals surface area contributed by atoms with Crippen molar-refractivity contribution in [3.63, 3.8) is 0 Å². The van der Waals surface area contributed by atoms with E-state index in [9.17, 15) is 4.79 Å². The molecule has 0 aromatic heterocycles. The van der Waals surface area contributed by atoms with Gasteiger partial charge in [-0.25, -0.2) is 0 Å². The first-order valence-corrected chi connectivity index (χ1v) is 8.09. The van der Waals surface area contributed by atoms with E-state index < -0.39 is 6.04 Å². The molecule has 0 radical (unpaired) electrons. The molecular formula is C18H27N3O2. The van der Waals surface area contributed by atoms with Crippen LogP contribution in [0.4, 0.5) is 0 Å². The fourth-order valence-corrected chi connectivity index (χ4v) is 2.47. The maximum absolute atomic E-state index is 12.4. The van der Waals surface area contributed by atoms with Crippen LogP contribution in [0.2, 0.25) is 0 Å². The molecule has 0 bridgehead atoms. The van der Waals surface area contributed by atoms with Crippen molar-refractivity contribution in [2.75, 3.05) is 13.1 Å². The molecule has 0 aliphatic carbocycles. The van der Waals surface area contributed by atoms with E-state index >= 15 is 0 Å². The summed E-state index contributed by atoms with van der Waals surface area (Å²) in [5.41, 5.74) is 7.69. The summed E-state index contributed by atoms with van der Waals surface area (Å²) in [5, 5.41) is 4.21. The molecule has 2 rings (SSSR count). The summed E-state index contributed by atoms with van der Waals surface area (Å²) in [6.45, 7) is 9.08. The van der Waals surface area contributed by atoms with Gasteiger partial charge in [0, 0.05) is 13.0 Å². The predicted molar refractivity (Wildman–Crippen MR) is 92.2 cm³/mol. The molecule has 23 heavy (non-hydrogen) atoms. The Kier molecular flexibility index (Phi) is 5.42. The second-order valence-electron chi connectivity index (χ2n) is 7.19. The number of nitrogens with two attached hydrogens (primary N) is 1. The summed E-state index contributed by atoms with van der Waals surface area (Å²) in [6, 6.07) is 9.41. The number of amides is 1. The van der Waals surface area contributed by atoms with Gasteiger partial charge >= 0.3 is 0 Å². The van der Waals surface area contributed by atoms with Crippen LogP contribution in [0.3, 0.4) is 0 Å². The third kappa shape index (κ3) is 4.55. The molecule has 1 amide bonds. The van der Waals surface area contributed by atoms with Crippen LogP contribution in [0, 0.1) is 5.41 Å². The van der Waals surface area contributed by atoms with Crippen LogP contribution in [0.15, 0.2) is 35.5 Å². The molecule has 0 spiro atoms. The van der Waals surface area contributed by atoms with Crippen molar-refractivity contribution in [1.29, 1.82) is 0 Å². The van der Waals surface area contributed by atoms with Gasteiger partial charge in [0.05, 0.1) is 18.3 Å². The standard InChI is InChI=1S/C18H27N3O2/c1-13(14-8-6-5-7-9-14)20-23-15-10-11-21(12-15)17(22)16(19)18(2,3)4/h5-9,15-16H,10-12,19H2,1-4H3/b20-13+/t15-,16?/m1/s1. The third-order valence-electron chi connectivity index (χ3n) is 4.19. The molecule has 5 heteroatoms. The molecule has 0 saturated carbocycles. The van der Waals surface area contributed by atoms with Gasteiger partial charge in [-0.3, -0.25) is 4.79 Å². The van der Waals surface area contributed by atoms with Gasteiger partial charge in [0.15, 0.2) is 0 Å². The Labute approximate surface area is 138 Å². The summed E-state index contributed by atoms with van der Waals surface area (Å²) < 4.78 is 0. The molecule has 2 atom stereocenters. The summed E-state index contributed by atoms with van der Waals surface area (Å²) in [5.74, 6) is -0.00707. The van der Waals surface area contributed by atoms with Gasteiger partial charge in [0.25, 0.3) is 0 Å². The highest BCUT2D eigenvalue weighted by Gasteiger charge is 2.35. The van der Waals surface area contributed by atoms with Gasteiger partial charge in [-0.05, 0) is 17.9 Å². The minimum atomic E-state index is -0.490. The largest absolute Gasteiger partial charge is 0.390 e. The van der Waals surface area contributed by atoms with Gasteiger partial charge in [-0.1, -0.05) is 56.3 Å². The number of likely N-dealkylation sites (tertiary alicyclic amines) is 1. The van der Waals surface area contributed by atoms with Crippen LogP contribution in [-0.4, -0.2) is 41.8 Å². The maximum atomic E-state index is 12.4. The third-order valence-corrected chi connectivity index (χ3v) is 4.19. The number of hydrogen-bond donors (Lipinski definition) is 1. The first-order valence-electron chi connectivity index (χ1n) is 8.09. The number of benzene rings is 1. The van der Waals surface area contributed by atoms with E-state index in [1.54, 1.807) is 4.90 Å². The second kappa shape index (κ2) is 7.13. The maximum Gasteiger partial charge on any atom is 0.240 e. The lowest BCUT2D eigenvalue weighted by Crippen LogP contribution is -2.49. The first kappa shape index (κ1) is 17.5. The van der Waals surface area contributed by atoms with E-state index in [1.165, 1.54) is 0 Å². The predicted octanol–water partition coefficient (Wildman–Crippen LogP) is 2.40. The molecule has 126 valence electrons. The van der Waals surface area contributed by atoms with Crippen molar-refractivity contribution in [1.82, 2.24) is 4.90 Å². The summed E-state index contributed by atoms with van der Waals surface area (Å²) >= 11 is 0. The molecule has 2 N–H and O–H groups in total. The zero-order valence-electron chi connectivity index (χ0n) is 14.5. The molecule has 1 aromatic rings. The van der Waals surface area contributed by atoms with Crippen molar-refractivity contribution < 1.29 is 9.63 Å². The minimum absolute atomic E-state index is 0.00707. The van der Waals surface area contributed by atoms with E-state index in [1.807, 2.05) is 58.0 Å². The van der Waals surface area contributed by atoms with Crippen LogP contribution in [0.1, 0.15) is 39.7 Å². The Morgan fingerprint density at radius 3 is 2.61 bits per heavy atom. The smallest absolute Gasteiger partial charge is 0.240 e. The number of oxime groups is 1. The highest BCUT2D eigenvalue weighted by molar-refractivity contribution is 5.98. The summed E-state index contributed by atoms with van der Waals surface area (Å²) in [4.78, 5) is 19.8. The molecule has 5 nitrogen and oxygen atoms in total. The van der Waals surface area contributed by atoms with Gasteiger partial charge in [0.2, 0.25) is 5.91 Å². The number of carbonyl (C=O) groups is 1. The van der Waals surface area contributed by atoms with Gasteiger partial charge in [-0.2, -0.15) is 0 Å². The van der Waals surface area contributed by atoms with Crippen molar-refractivity contribution in [2.45, 2.75) is 46.3 Å². The minimum Gasteiger partial charge on any atom is -0.390 e. The number of nitrogens with zero attached hydrogens (tertiary/aromatic N) is 2. The van der Waals surface area contributed by atoms with E-state index in [2.05, 4.69) is 5.16 Å². The Morgan fingerprint density at radius 1 is 1.35 bits per heavy atom. The molecule has 1 heterocycles. The van der Waals surface area contributed by atoms with Crippen molar-refractivity contribution in [2.24, 2.45) is 16.3 Å². The van der Waals surface area contributed by atoms with Gasteiger partial charge < -0.3 is 15.5 Å². The van der Waals surface area contributed by atoms with E-state index in [0.29, 0.717) is 13.1 Å². The summed E-state index contributed by atoms with van der Waals surface area (Å²) in [7, 11) is 0. The quantitative estimate of drug-likeness (QED) is 0.685. The average Bonchev–Trinajstić information content (AvgIpc) is 3.00. The molecule has 1 saturated heterocycles. The van der Waals surface area contributed by atoms with Gasteiger partial charge in [-0.15, -0.1) is 0 Å². The lowest BCUT2D eigenvalue weighted by atomic mass is 9.86. The van der Waals surface area contributed by atoms with E-state index in [4.69, 9.17) is 10.6 Å². The molecule has 1 unspecified atom stereocenters. The Balaban J connectivity index is 1.90. The lowest BCUT2D eigenvalue weighted by Gasteiger charge is -2.29. The number of hydrogen-bond acceptors (Lipinski definition) is 4. The van der Waals surface area contributed by atoms with Crippen LogP contribution in [0.5, 0.6) is 0 Å². The second-order valence-corrected chi connectivity index (χ2v) is 7.19. The van der Waals surface area contributed by atoms with Crippen LogP contribution >= 0.6 is 0 Å². The molecule has 1 fully saturated rings. The molecule has 1 aliphatic heterocycles. The highest BCUT2D eigenvalue weighted by Crippen LogP contribution is 2.22. The fourth-order valence-electron chi connectivity index (χ4n) is 2.47. The molecular weight excluding hydrogens is 290 g/mol. The first-order chi connectivity index (χ1) is 10.8. The average molecular weight is 317 g/mol. The summed E-state index contributed by atoms with van der Waals surface area (Å²) in [6.07, 6.45) is 0.721. The van der Waals surface area contributed by atoms with Crippen molar-refractivity contribution in [3.05, 3.63) is 35.9 Å². The van der Waals surface area contributed by atoms with Crippen molar-refractivity contribution in [3.8, 4) is 0 Å². The zero-order chi connectivity index (χ0) is 17.0. The number of carbonyl (C=O) groups excluding carboxylic acids is 1.